The van der Waals surface area contributed by atoms with Crippen LogP contribution in [0.2, 0.25) is 0 Å². The lowest BCUT2D eigenvalue weighted by Gasteiger charge is -2.36. The van der Waals surface area contributed by atoms with Crippen LogP contribution in [0.25, 0.3) is 0 Å². The van der Waals surface area contributed by atoms with Crippen molar-refractivity contribution >= 4 is 11.8 Å². The van der Waals surface area contributed by atoms with Gasteiger partial charge in [0, 0.05) is 19.5 Å². The van der Waals surface area contributed by atoms with Gasteiger partial charge in [0.2, 0.25) is 11.8 Å². The summed E-state index contributed by atoms with van der Waals surface area (Å²) >= 11 is 0. The number of benzene rings is 1. The van der Waals surface area contributed by atoms with Crippen LogP contribution in [0.4, 0.5) is 0 Å². The van der Waals surface area contributed by atoms with Crippen LogP contribution in [0.5, 0.6) is 0 Å². The minimum Gasteiger partial charge on any atom is -0.295 e. The van der Waals surface area contributed by atoms with E-state index in [1.807, 2.05) is 0 Å². The quantitative estimate of drug-likeness (QED) is 0.769. The molecule has 4 heteroatoms. The molecule has 4 nitrogen and oxygen atoms in total. The molecule has 0 spiro atoms. The van der Waals surface area contributed by atoms with Gasteiger partial charge in [0.25, 0.3) is 0 Å². The van der Waals surface area contributed by atoms with Crippen LogP contribution in [0.1, 0.15) is 29.5 Å². The van der Waals surface area contributed by atoms with Crippen molar-refractivity contribution in [3.63, 3.8) is 0 Å². The third-order valence-corrected chi connectivity index (χ3v) is 4.05. The maximum absolute atomic E-state index is 11.9. The molecule has 100 valence electrons. The number of carbonyl (C=O) groups is 2. The molecule has 1 fully saturated rings. The molecule has 0 unspecified atom stereocenters. The highest BCUT2D eigenvalue weighted by atomic mass is 16.2. The predicted octanol–water partition coefficient (Wildman–Crippen LogP) is 1.16. The Kier molecular flexibility index (Phi) is 3.11. The van der Waals surface area contributed by atoms with E-state index in [-0.39, 0.29) is 17.9 Å². The third-order valence-electron chi connectivity index (χ3n) is 4.05. The number of nitrogens with zero attached hydrogens (tertiary/aromatic N) is 1. The van der Waals surface area contributed by atoms with E-state index in [0.717, 1.165) is 19.5 Å². The zero-order valence-corrected chi connectivity index (χ0v) is 11.1. The van der Waals surface area contributed by atoms with Crippen molar-refractivity contribution < 1.29 is 9.59 Å². The van der Waals surface area contributed by atoms with Gasteiger partial charge in [0.1, 0.15) is 0 Å². The molecule has 2 aliphatic heterocycles. The number of rotatable bonds is 1. The smallest absolute Gasteiger partial charge is 0.243 e. The van der Waals surface area contributed by atoms with Crippen molar-refractivity contribution in [1.29, 1.82) is 0 Å². The summed E-state index contributed by atoms with van der Waals surface area (Å²) in [6.45, 7) is 3.79. The lowest BCUT2D eigenvalue weighted by Crippen LogP contribution is -2.53. The number of aryl methyl sites for hydroxylation is 1. The van der Waals surface area contributed by atoms with E-state index >= 15 is 0 Å². The second-order valence-electron chi connectivity index (χ2n) is 5.46. The maximum atomic E-state index is 11.9. The number of piperidine rings is 1. The summed E-state index contributed by atoms with van der Waals surface area (Å²) in [6, 6.07) is 6.38. The van der Waals surface area contributed by atoms with E-state index < -0.39 is 0 Å². The lowest BCUT2D eigenvalue weighted by atomic mass is 9.95. The first-order chi connectivity index (χ1) is 9.13. The van der Waals surface area contributed by atoms with E-state index in [0.29, 0.717) is 12.8 Å². The lowest BCUT2D eigenvalue weighted by molar-refractivity contribution is -0.137. The Labute approximate surface area is 112 Å². The van der Waals surface area contributed by atoms with E-state index in [2.05, 4.69) is 35.3 Å². The van der Waals surface area contributed by atoms with Crippen LogP contribution in [0.3, 0.4) is 0 Å². The fourth-order valence-corrected chi connectivity index (χ4v) is 3.00. The molecule has 1 aromatic rings. The van der Waals surface area contributed by atoms with Gasteiger partial charge in [-0.3, -0.25) is 19.8 Å². The molecule has 1 aromatic carbocycles. The highest BCUT2D eigenvalue weighted by Gasteiger charge is 2.33. The zero-order chi connectivity index (χ0) is 13.4. The molecule has 1 N–H and O–H groups in total. The van der Waals surface area contributed by atoms with Gasteiger partial charge in [-0.15, -0.1) is 0 Å². The number of amides is 2. The van der Waals surface area contributed by atoms with Crippen molar-refractivity contribution in [2.45, 2.75) is 38.8 Å². The second kappa shape index (κ2) is 4.78. The van der Waals surface area contributed by atoms with Gasteiger partial charge in [-0.1, -0.05) is 23.8 Å². The van der Waals surface area contributed by atoms with Gasteiger partial charge in [-0.05, 0) is 30.9 Å². The molecule has 0 saturated carbocycles. The monoisotopic (exact) mass is 258 g/mol. The number of fused-ring (bicyclic) bond motifs is 1. The standard InChI is InChI=1S/C15H18N2O2/c1-10-2-3-11-6-7-17(9-12(11)8-10)13-4-5-14(18)16-15(13)19/h2-3,8,13H,4-7,9H2,1H3,(H,16,18,19)/t13-/m1/s1. The summed E-state index contributed by atoms with van der Waals surface area (Å²) < 4.78 is 0. The number of hydrogen-bond acceptors (Lipinski definition) is 3. The summed E-state index contributed by atoms with van der Waals surface area (Å²) in [7, 11) is 0. The Hall–Kier alpha value is -1.68. The van der Waals surface area contributed by atoms with Gasteiger partial charge in [0.15, 0.2) is 0 Å². The molecule has 2 aliphatic rings. The summed E-state index contributed by atoms with van der Waals surface area (Å²) in [5.74, 6) is -0.276. The van der Waals surface area contributed by atoms with Gasteiger partial charge in [0.05, 0.1) is 6.04 Å². The molecule has 0 radical (unpaired) electrons. The highest BCUT2D eigenvalue weighted by molar-refractivity contribution is 6.00. The average molecular weight is 258 g/mol. The van der Waals surface area contributed by atoms with E-state index in [9.17, 15) is 9.59 Å². The maximum Gasteiger partial charge on any atom is 0.243 e. The molecule has 0 bridgehead atoms. The molecule has 1 atom stereocenters. The molecule has 0 aromatic heterocycles. The molecule has 2 amide bonds. The molecule has 0 aliphatic carbocycles. The van der Waals surface area contributed by atoms with Crippen LogP contribution in [-0.4, -0.2) is 29.3 Å². The number of hydrogen-bond donors (Lipinski definition) is 1. The van der Waals surface area contributed by atoms with Crippen LogP contribution < -0.4 is 5.32 Å². The highest BCUT2D eigenvalue weighted by Crippen LogP contribution is 2.24. The van der Waals surface area contributed by atoms with Crippen molar-refractivity contribution in [3.05, 3.63) is 34.9 Å². The Morgan fingerprint density at radius 1 is 1.21 bits per heavy atom. The summed E-state index contributed by atoms with van der Waals surface area (Å²) in [6.07, 6.45) is 2.08. The van der Waals surface area contributed by atoms with Crippen LogP contribution >= 0.6 is 0 Å². The molecular weight excluding hydrogens is 240 g/mol. The predicted molar refractivity (Wildman–Crippen MR) is 71.5 cm³/mol. The zero-order valence-electron chi connectivity index (χ0n) is 11.1. The Morgan fingerprint density at radius 2 is 2.05 bits per heavy atom. The largest absolute Gasteiger partial charge is 0.295 e. The molecule has 2 heterocycles. The van der Waals surface area contributed by atoms with Crippen LogP contribution in [-0.2, 0) is 22.6 Å². The molecule has 19 heavy (non-hydrogen) atoms. The Morgan fingerprint density at radius 3 is 2.84 bits per heavy atom. The fourth-order valence-electron chi connectivity index (χ4n) is 3.00. The van der Waals surface area contributed by atoms with Gasteiger partial charge < -0.3 is 0 Å². The summed E-state index contributed by atoms with van der Waals surface area (Å²) in [4.78, 5) is 25.3. The first-order valence-corrected chi connectivity index (χ1v) is 6.79. The van der Waals surface area contributed by atoms with Gasteiger partial charge in [-0.25, -0.2) is 0 Å². The van der Waals surface area contributed by atoms with Gasteiger partial charge in [-0.2, -0.15) is 0 Å². The minimum atomic E-state index is -0.147. The van der Waals surface area contributed by atoms with E-state index in [1.54, 1.807) is 0 Å². The van der Waals surface area contributed by atoms with Gasteiger partial charge >= 0.3 is 0 Å². The minimum absolute atomic E-state index is 0.132. The summed E-state index contributed by atoms with van der Waals surface area (Å²) in [5, 5.41) is 2.44. The number of nitrogens with one attached hydrogen (secondary N) is 1. The van der Waals surface area contributed by atoms with Crippen molar-refractivity contribution in [1.82, 2.24) is 10.2 Å². The SMILES string of the molecule is Cc1ccc2c(c1)CN([C@@H]1CCC(=O)NC1=O)CC2. The number of carbonyl (C=O) groups excluding carboxylic acids is 2. The second-order valence-corrected chi connectivity index (χ2v) is 5.46. The molecule has 1 saturated heterocycles. The topological polar surface area (TPSA) is 49.4 Å². The van der Waals surface area contributed by atoms with Crippen molar-refractivity contribution in [2.75, 3.05) is 6.54 Å². The fraction of sp³-hybridized carbons (Fsp3) is 0.467. The van der Waals surface area contributed by atoms with Crippen molar-refractivity contribution in [3.8, 4) is 0 Å². The van der Waals surface area contributed by atoms with Crippen LogP contribution in [0, 0.1) is 6.92 Å². The van der Waals surface area contributed by atoms with E-state index in [1.165, 1.54) is 16.7 Å². The molecule has 3 rings (SSSR count). The van der Waals surface area contributed by atoms with Crippen molar-refractivity contribution in [2.24, 2.45) is 0 Å². The van der Waals surface area contributed by atoms with Crippen LogP contribution in [0.15, 0.2) is 18.2 Å². The third kappa shape index (κ3) is 2.40. The number of imide groups is 1. The Balaban J connectivity index is 1.78. The molecular formula is C15H18N2O2. The Bertz CT molecular complexity index is 539. The van der Waals surface area contributed by atoms with E-state index in [4.69, 9.17) is 0 Å². The first kappa shape index (κ1) is 12.4. The summed E-state index contributed by atoms with van der Waals surface area (Å²) in [5.41, 5.74) is 3.95. The average Bonchev–Trinajstić information content (AvgIpc) is 2.38. The normalized spacial score (nSPS) is 23.9. The first-order valence-electron chi connectivity index (χ1n) is 6.79.